The minimum atomic E-state index is 0.0336. The lowest BCUT2D eigenvalue weighted by Gasteiger charge is -2.19. The second-order valence-corrected chi connectivity index (χ2v) is 5.01. The van der Waals surface area contributed by atoms with Crippen LogP contribution in [-0.2, 0) is 0 Å². The zero-order valence-corrected chi connectivity index (χ0v) is 11.4. The molecule has 0 radical (unpaired) electrons. The molecule has 0 bridgehead atoms. The fourth-order valence-electron chi connectivity index (χ4n) is 2.49. The van der Waals surface area contributed by atoms with Gasteiger partial charge in [-0.1, -0.05) is 12.8 Å². The van der Waals surface area contributed by atoms with Crippen LogP contribution in [0.25, 0.3) is 0 Å². The van der Waals surface area contributed by atoms with Gasteiger partial charge in [-0.05, 0) is 37.8 Å². The van der Waals surface area contributed by atoms with E-state index in [1.807, 2.05) is 6.07 Å². The summed E-state index contributed by atoms with van der Waals surface area (Å²) in [7, 11) is 1.62. The van der Waals surface area contributed by atoms with Gasteiger partial charge in [-0.2, -0.15) is 0 Å². The molecule has 1 aliphatic rings. The minimum absolute atomic E-state index is 0.0336. The third kappa shape index (κ3) is 3.63. The predicted molar refractivity (Wildman–Crippen MR) is 76.1 cm³/mol. The maximum atomic E-state index is 7.62. The molecule has 3 N–H and O–H groups in total. The van der Waals surface area contributed by atoms with Crippen molar-refractivity contribution in [1.29, 1.82) is 5.41 Å². The first-order chi connectivity index (χ1) is 9.20. The highest BCUT2D eigenvalue weighted by Gasteiger charge is 2.17. The molecule has 2 rings (SSSR count). The lowest BCUT2D eigenvalue weighted by Crippen LogP contribution is -2.19. The molecule has 104 valence electrons. The average molecular weight is 262 g/mol. The number of hydrogen-bond donors (Lipinski definition) is 2. The van der Waals surface area contributed by atoms with E-state index in [2.05, 4.69) is 0 Å². The van der Waals surface area contributed by atoms with E-state index < -0.39 is 0 Å². The van der Waals surface area contributed by atoms with Gasteiger partial charge in [0.2, 0.25) is 0 Å². The maximum Gasteiger partial charge on any atom is 0.134 e. The van der Waals surface area contributed by atoms with Crippen molar-refractivity contribution in [3.63, 3.8) is 0 Å². The van der Waals surface area contributed by atoms with E-state index in [0.29, 0.717) is 11.3 Å². The minimum Gasteiger partial charge on any atom is -0.497 e. The summed E-state index contributed by atoms with van der Waals surface area (Å²) < 4.78 is 11.3. The molecule has 0 saturated heterocycles. The summed E-state index contributed by atoms with van der Waals surface area (Å²) >= 11 is 0. The second-order valence-electron chi connectivity index (χ2n) is 5.01. The number of nitrogens with one attached hydrogen (secondary N) is 1. The van der Waals surface area contributed by atoms with Crippen LogP contribution in [0.5, 0.6) is 11.5 Å². The molecule has 0 amide bonds. The zero-order chi connectivity index (χ0) is 13.7. The number of rotatable bonds is 4. The van der Waals surface area contributed by atoms with Gasteiger partial charge in [0.25, 0.3) is 0 Å². The number of ether oxygens (including phenoxy) is 2. The van der Waals surface area contributed by atoms with Gasteiger partial charge in [-0.3, -0.25) is 5.41 Å². The van der Waals surface area contributed by atoms with Crippen molar-refractivity contribution in [3.05, 3.63) is 23.8 Å². The predicted octanol–water partition coefficient (Wildman–Crippen LogP) is 3.08. The van der Waals surface area contributed by atoms with Gasteiger partial charge < -0.3 is 15.2 Å². The molecular weight excluding hydrogens is 240 g/mol. The van der Waals surface area contributed by atoms with Gasteiger partial charge in [0, 0.05) is 6.07 Å². The largest absolute Gasteiger partial charge is 0.497 e. The Balaban J connectivity index is 2.18. The third-order valence-corrected chi connectivity index (χ3v) is 3.57. The Morgan fingerprint density at radius 1 is 1.21 bits per heavy atom. The molecule has 4 heteroatoms. The highest BCUT2D eigenvalue weighted by Crippen LogP contribution is 2.28. The Morgan fingerprint density at radius 3 is 2.47 bits per heavy atom. The van der Waals surface area contributed by atoms with Crippen LogP contribution >= 0.6 is 0 Å². The molecule has 1 saturated carbocycles. The Hall–Kier alpha value is -1.71. The lowest BCUT2D eigenvalue weighted by atomic mass is 10.1. The number of methoxy groups -OCH3 is 1. The molecule has 0 spiro atoms. The molecule has 0 aromatic heterocycles. The van der Waals surface area contributed by atoms with Crippen LogP contribution in [-0.4, -0.2) is 19.0 Å². The summed E-state index contributed by atoms with van der Waals surface area (Å²) in [6, 6.07) is 5.41. The maximum absolute atomic E-state index is 7.62. The van der Waals surface area contributed by atoms with Crippen LogP contribution < -0.4 is 15.2 Å². The van der Waals surface area contributed by atoms with Crippen LogP contribution in [0.15, 0.2) is 18.2 Å². The van der Waals surface area contributed by atoms with Crippen molar-refractivity contribution in [2.24, 2.45) is 5.73 Å². The van der Waals surface area contributed by atoms with E-state index in [1.165, 1.54) is 25.7 Å². The number of benzene rings is 1. The first-order valence-corrected chi connectivity index (χ1v) is 6.90. The van der Waals surface area contributed by atoms with Gasteiger partial charge in [-0.25, -0.2) is 0 Å². The van der Waals surface area contributed by atoms with E-state index in [1.54, 1.807) is 19.2 Å². The summed E-state index contributed by atoms with van der Waals surface area (Å²) in [5.74, 6) is 1.43. The smallest absolute Gasteiger partial charge is 0.134 e. The van der Waals surface area contributed by atoms with Crippen molar-refractivity contribution < 1.29 is 9.47 Å². The first-order valence-electron chi connectivity index (χ1n) is 6.90. The zero-order valence-electron chi connectivity index (χ0n) is 11.4. The lowest BCUT2D eigenvalue weighted by molar-refractivity contribution is 0.183. The van der Waals surface area contributed by atoms with Gasteiger partial charge in [-0.15, -0.1) is 0 Å². The summed E-state index contributed by atoms with van der Waals surface area (Å²) in [5.41, 5.74) is 6.25. The van der Waals surface area contributed by atoms with Crippen LogP contribution in [0, 0.1) is 5.41 Å². The van der Waals surface area contributed by atoms with Gasteiger partial charge in [0.05, 0.1) is 18.8 Å². The van der Waals surface area contributed by atoms with Gasteiger partial charge in [0.15, 0.2) is 0 Å². The number of nitrogen functional groups attached to an aromatic ring is 1. The molecule has 0 heterocycles. The molecular formula is C15H22N2O2. The van der Waals surface area contributed by atoms with Crippen molar-refractivity contribution >= 4 is 5.84 Å². The monoisotopic (exact) mass is 262 g/mol. The Bertz CT molecular complexity index is 438. The molecule has 1 aromatic carbocycles. The first kappa shape index (κ1) is 13.7. The summed E-state index contributed by atoms with van der Waals surface area (Å²) in [5, 5.41) is 7.62. The average Bonchev–Trinajstić information content (AvgIpc) is 2.67. The Morgan fingerprint density at radius 2 is 1.89 bits per heavy atom. The van der Waals surface area contributed by atoms with Crippen molar-refractivity contribution in [2.45, 2.75) is 44.6 Å². The summed E-state index contributed by atoms with van der Waals surface area (Å²) in [6.07, 6.45) is 7.39. The van der Waals surface area contributed by atoms with Crippen LogP contribution in [0.4, 0.5) is 0 Å². The quantitative estimate of drug-likeness (QED) is 0.498. The van der Waals surface area contributed by atoms with E-state index in [9.17, 15) is 0 Å². The van der Waals surface area contributed by atoms with E-state index in [0.717, 1.165) is 18.6 Å². The highest BCUT2D eigenvalue weighted by molar-refractivity contribution is 5.97. The van der Waals surface area contributed by atoms with E-state index in [4.69, 9.17) is 20.6 Å². The molecule has 0 aliphatic heterocycles. The number of amidine groups is 1. The fourth-order valence-corrected chi connectivity index (χ4v) is 2.49. The van der Waals surface area contributed by atoms with Gasteiger partial charge >= 0.3 is 0 Å². The van der Waals surface area contributed by atoms with Crippen LogP contribution in [0.1, 0.15) is 44.1 Å². The Labute approximate surface area is 114 Å². The second kappa shape index (κ2) is 6.45. The SMILES string of the molecule is COc1ccc(C(=N)N)c(OC2CCCCCC2)c1. The summed E-state index contributed by atoms with van der Waals surface area (Å²) in [4.78, 5) is 0. The number of hydrogen-bond acceptors (Lipinski definition) is 3. The van der Waals surface area contributed by atoms with E-state index >= 15 is 0 Å². The number of nitrogens with two attached hydrogens (primary N) is 1. The molecule has 1 aliphatic carbocycles. The molecule has 19 heavy (non-hydrogen) atoms. The molecule has 0 unspecified atom stereocenters. The van der Waals surface area contributed by atoms with Gasteiger partial charge in [0.1, 0.15) is 17.3 Å². The van der Waals surface area contributed by atoms with Crippen LogP contribution in [0.3, 0.4) is 0 Å². The topological polar surface area (TPSA) is 68.3 Å². The normalized spacial score (nSPS) is 16.7. The highest BCUT2D eigenvalue weighted by atomic mass is 16.5. The van der Waals surface area contributed by atoms with Crippen molar-refractivity contribution in [3.8, 4) is 11.5 Å². The molecule has 1 aromatic rings. The van der Waals surface area contributed by atoms with Crippen molar-refractivity contribution in [2.75, 3.05) is 7.11 Å². The molecule has 0 atom stereocenters. The molecule has 4 nitrogen and oxygen atoms in total. The fraction of sp³-hybridized carbons (Fsp3) is 0.533. The third-order valence-electron chi connectivity index (χ3n) is 3.57. The standard InChI is InChI=1S/C15H22N2O2/c1-18-12-8-9-13(15(16)17)14(10-12)19-11-6-4-2-3-5-7-11/h8-11H,2-7H2,1H3,(H3,16,17). The summed E-state index contributed by atoms with van der Waals surface area (Å²) in [6.45, 7) is 0. The van der Waals surface area contributed by atoms with Crippen molar-refractivity contribution in [1.82, 2.24) is 0 Å². The Kier molecular flexibility index (Phi) is 4.66. The molecule has 1 fully saturated rings. The van der Waals surface area contributed by atoms with Crippen LogP contribution in [0.2, 0.25) is 0 Å². The van der Waals surface area contributed by atoms with E-state index in [-0.39, 0.29) is 11.9 Å².